The number of benzene rings is 2. The van der Waals surface area contributed by atoms with Crippen molar-refractivity contribution in [1.29, 1.82) is 0 Å². The number of anilines is 1. The van der Waals surface area contributed by atoms with Gasteiger partial charge in [0.05, 0.1) is 22.8 Å². The third-order valence-electron chi connectivity index (χ3n) is 5.79. The lowest BCUT2D eigenvalue weighted by atomic mass is 10.0. The van der Waals surface area contributed by atoms with E-state index in [4.69, 9.17) is 0 Å². The van der Waals surface area contributed by atoms with Gasteiger partial charge in [-0.3, -0.25) is 19.3 Å². The summed E-state index contributed by atoms with van der Waals surface area (Å²) < 4.78 is 23.3. The predicted octanol–water partition coefficient (Wildman–Crippen LogP) is 1.10. The number of nitrogens with zero attached hydrogens (tertiary/aromatic N) is 2. The molecule has 0 radical (unpaired) electrons. The molecular weight excluding hydrogens is 406 g/mol. The Bertz CT molecular complexity index is 1190. The third-order valence-corrected chi connectivity index (χ3v) is 7.56. The van der Waals surface area contributed by atoms with Crippen molar-refractivity contribution in [1.82, 2.24) is 10.2 Å². The second kappa shape index (κ2) is 6.66. The number of hydrogen-bond donors (Lipinski definition) is 1. The SMILES string of the molecule is O=C(CN1C(=O)c2ccccc2N2C(=O)c3ccccc3[C@@H]12)N[C@@H]1CCS(=O)(=O)C1. The summed E-state index contributed by atoms with van der Waals surface area (Å²) in [6, 6.07) is 13.4. The van der Waals surface area contributed by atoms with Crippen LogP contribution in [0.25, 0.3) is 0 Å². The number of hydrogen-bond acceptors (Lipinski definition) is 5. The summed E-state index contributed by atoms with van der Waals surface area (Å²) in [4.78, 5) is 42.0. The molecule has 154 valence electrons. The van der Waals surface area contributed by atoms with Gasteiger partial charge in [-0.2, -0.15) is 0 Å². The zero-order valence-corrected chi connectivity index (χ0v) is 16.8. The van der Waals surface area contributed by atoms with Crippen molar-refractivity contribution < 1.29 is 22.8 Å². The molecule has 0 bridgehead atoms. The maximum Gasteiger partial charge on any atom is 0.260 e. The van der Waals surface area contributed by atoms with Crippen molar-refractivity contribution >= 4 is 33.2 Å². The maximum absolute atomic E-state index is 13.3. The minimum atomic E-state index is -3.13. The first-order valence-corrected chi connectivity index (χ1v) is 11.5. The molecule has 1 fully saturated rings. The lowest BCUT2D eigenvalue weighted by Crippen LogP contribution is -2.52. The highest BCUT2D eigenvalue weighted by molar-refractivity contribution is 7.91. The molecule has 5 rings (SSSR count). The van der Waals surface area contributed by atoms with Crippen molar-refractivity contribution in [3.05, 3.63) is 65.2 Å². The average molecular weight is 425 g/mol. The van der Waals surface area contributed by atoms with E-state index in [0.29, 0.717) is 28.8 Å². The summed E-state index contributed by atoms with van der Waals surface area (Å²) >= 11 is 0. The molecule has 1 N–H and O–H groups in total. The van der Waals surface area contributed by atoms with Crippen molar-refractivity contribution in [2.75, 3.05) is 23.0 Å². The lowest BCUT2D eigenvalue weighted by molar-refractivity contribution is -0.122. The molecule has 0 saturated carbocycles. The van der Waals surface area contributed by atoms with Gasteiger partial charge in [0, 0.05) is 17.2 Å². The molecule has 9 heteroatoms. The van der Waals surface area contributed by atoms with Gasteiger partial charge in [-0.15, -0.1) is 0 Å². The van der Waals surface area contributed by atoms with Gasteiger partial charge in [-0.05, 0) is 24.6 Å². The minimum Gasteiger partial charge on any atom is -0.351 e. The molecule has 8 nitrogen and oxygen atoms in total. The fourth-order valence-corrected chi connectivity index (χ4v) is 6.14. The quantitative estimate of drug-likeness (QED) is 0.793. The van der Waals surface area contributed by atoms with E-state index in [2.05, 4.69) is 5.32 Å². The monoisotopic (exact) mass is 425 g/mol. The lowest BCUT2D eigenvalue weighted by Gasteiger charge is -2.40. The van der Waals surface area contributed by atoms with Gasteiger partial charge in [-0.1, -0.05) is 30.3 Å². The van der Waals surface area contributed by atoms with Crippen LogP contribution in [0.2, 0.25) is 0 Å². The molecule has 0 aliphatic carbocycles. The van der Waals surface area contributed by atoms with Crippen LogP contribution in [-0.4, -0.2) is 55.1 Å². The Morgan fingerprint density at radius 2 is 1.70 bits per heavy atom. The molecule has 30 heavy (non-hydrogen) atoms. The molecule has 3 aliphatic heterocycles. The van der Waals surface area contributed by atoms with E-state index in [1.165, 1.54) is 4.90 Å². The Morgan fingerprint density at radius 3 is 2.43 bits per heavy atom. The van der Waals surface area contributed by atoms with Crippen LogP contribution < -0.4 is 10.2 Å². The van der Waals surface area contributed by atoms with Crippen LogP contribution >= 0.6 is 0 Å². The topological polar surface area (TPSA) is 104 Å². The first-order chi connectivity index (χ1) is 14.4. The Kier molecular flexibility index (Phi) is 4.18. The second-order valence-electron chi connectivity index (χ2n) is 7.75. The first kappa shape index (κ1) is 18.8. The van der Waals surface area contributed by atoms with Gasteiger partial charge < -0.3 is 10.2 Å². The number of carbonyl (C=O) groups excluding carboxylic acids is 3. The van der Waals surface area contributed by atoms with E-state index in [1.54, 1.807) is 53.4 Å². The molecule has 0 spiro atoms. The largest absolute Gasteiger partial charge is 0.351 e. The van der Waals surface area contributed by atoms with Crippen LogP contribution in [0.15, 0.2) is 48.5 Å². The van der Waals surface area contributed by atoms with Crippen LogP contribution in [-0.2, 0) is 14.6 Å². The van der Waals surface area contributed by atoms with Crippen LogP contribution in [0.5, 0.6) is 0 Å². The summed E-state index contributed by atoms with van der Waals surface area (Å²) in [6.07, 6.45) is -0.351. The number of amides is 3. The van der Waals surface area contributed by atoms with Crippen molar-refractivity contribution in [3.8, 4) is 0 Å². The highest BCUT2D eigenvalue weighted by atomic mass is 32.2. The van der Waals surface area contributed by atoms with E-state index in [-0.39, 0.29) is 29.9 Å². The van der Waals surface area contributed by atoms with Gasteiger partial charge in [0.1, 0.15) is 12.7 Å². The van der Waals surface area contributed by atoms with Crippen LogP contribution in [0.3, 0.4) is 0 Å². The molecule has 2 aromatic carbocycles. The number of rotatable bonds is 3. The fourth-order valence-electron chi connectivity index (χ4n) is 4.47. The zero-order valence-electron chi connectivity index (χ0n) is 15.9. The first-order valence-electron chi connectivity index (χ1n) is 9.68. The van der Waals surface area contributed by atoms with Gasteiger partial charge in [-0.25, -0.2) is 8.42 Å². The van der Waals surface area contributed by atoms with E-state index in [1.807, 2.05) is 0 Å². The molecular formula is C21H19N3O5S. The summed E-state index contributed by atoms with van der Waals surface area (Å²) in [5, 5.41) is 2.73. The van der Waals surface area contributed by atoms with Crippen molar-refractivity contribution in [2.24, 2.45) is 0 Å². The van der Waals surface area contributed by atoms with Gasteiger partial charge >= 0.3 is 0 Å². The average Bonchev–Trinajstić information content (AvgIpc) is 3.22. The molecule has 2 atom stereocenters. The van der Waals surface area contributed by atoms with Crippen molar-refractivity contribution in [2.45, 2.75) is 18.6 Å². The van der Waals surface area contributed by atoms with E-state index >= 15 is 0 Å². The smallest absolute Gasteiger partial charge is 0.260 e. The molecule has 0 unspecified atom stereocenters. The summed E-state index contributed by atoms with van der Waals surface area (Å²) in [5.41, 5.74) is 2.04. The van der Waals surface area contributed by atoms with Crippen LogP contribution in [0.1, 0.15) is 38.9 Å². The van der Waals surface area contributed by atoms with E-state index < -0.39 is 28.0 Å². The number of nitrogens with one attached hydrogen (secondary N) is 1. The standard InChI is InChI=1S/C21H19N3O5S/c25-18(22-13-9-10-30(28,29)12-13)11-23-19-14-5-1-2-6-15(14)21(27)24(19)17-8-4-3-7-16(17)20(23)26/h1-8,13,19H,9-12H2,(H,22,25)/t13-,19+/m1/s1. The van der Waals surface area contributed by atoms with Gasteiger partial charge in [0.25, 0.3) is 11.8 Å². The highest BCUT2D eigenvalue weighted by Gasteiger charge is 2.48. The predicted molar refractivity (Wildman–Crippen MR) is 109 cm³/mol. The molecule has 1 saturated heterocycles. The Labute approximate surface area is 173 Å². The summed E-state index contributed by atoms with van der Waals surface area (Å²) in [6.45, 7) is -0.271. The minimum absolute atomic E-state index is 0.0479. The summed E-state index contributed by atoms with van der Waals surface area (Å²) in [7, 11) is -3.13. The van der Waals surface area contributed by atoms with E-state index in [0.717, 1.165) is 0 Å². The molecule has 3 amide bonds. The number of carbonyl (C=O) groups is 3. The number of fused-ring (bicyclic) bond motifs is 5. The number of sulfone groups is 1. The van der Waals surface area contributed by atoms with Crippen LogP contribution in [0, 0.1) is 0 Å². The zero-order chi connectivity index (χ0) is 21.0. The molecule has 3 heterocycles. The molecule has 3 aliphatic rings. The van der Waals surface area contributed by atoms with Crippen molar-refractivity contribution in [3.63, 3.8) is 0 Å². The Balaban J connectivity index is 1.49. The maximum atomic E-state index is 13.3. The molecule has 2 aromatic rings. The van der Waals surface area contributed by atoms with Gasteiger partial charge in [0.15, 0.2) is 9.84 Å². The Hall–Kier alpha value is -3.20. The van der Waals surface area contributed by atoms with Crippen LogP contribution in [0.4, 0.5) is 5.69 Å². The Morgan fingerprint density at radius 1 is 1.00 bits per heavy atom. The second-order valence-corrected chi connectivity index (χ2v) is 9.98. The summed E-state index contributed by atoms with van der Waals surface area (Å²) in [5.74, 6) is -1.05. The highest BCUT2D eigenvalue weighted by Crippen LogP contribution is 2.44. The fraction of sp³-hybridized carbons (Fsp3) is 0.286. The normalized spacial score (nSPS) is 23.7. The van der Waals surface area contributed by atoms with Gasteiger partial charge in [0.2, 0.25) is 5.91 Å². The number of para-hydroxylation sites is 1. The van der Waals surface area contributed by atoms with E-state index in [9.17, 15) is 22.8 Å². The third kappa shape index (κ3) is 2.88. The molecule has 0 aromatic heterocycles.